The summed E-state index contributed by atoms with van der Waals surface area (Å²) in [6.45, 7) is 4.29. The van der Waals surface area contributed by atoms with E-state index in [0.29, 0.717) is 17.7 Å². The molecule has 1 fully saturated rings. The van der Waals surface area contributed by atoms with Gasteiger partial charge in [-0.3, -0.25) is 4.90 Å². The number of aliphatic hydroxyl groups is 1. The molecule has 2 rings (SSSR count). The van der Waals surface area contributed by atoms with Gasteiger partial charge < -0.3 is 10.8 Å². The van der Waals surface area contributed by atoms with Crippen molar-refractivity contribution in [2.45, 2.75) is 31.9 Å². The van der Waals surface area contributed by atoms with Crippen molar-refractivity contribution < 1.29 is 9.50 Å². The minimum Gasteiger partial charge on any atom is -0.390 e. The molecule has 20 heavy (non-hydrogen) atoms. The quantitative estimate of drug-likeness (QED) is 0.805. The van der Waals surface area contributed by atoms with E-state index in [9.17, 15) is 9.50 Å². The van der Waals surface area contributed by atoms with Crippen LogP contribution in [0.15, 0.2) is 18.2 Å². The first-order chi connectivity index (χ1) is 9.50. The monoisotopic (exact) mass is 276 g/mol. The van der Waals surface area contributed by atoms with Crippen LogP contribution >= 0.6 is 0 Å². The van der Waals surface area contributed by atoms with Crippen molar-refractivity contribution in [2.75, 3.05) is 19.6 Å². The average molecular weight is 276 g/mol. The summed E-state index contributed by atoms with van der Waals surface area (Å²) in [6.07, 6.45) is 1.46. The summed E-state index contributed by atoms with van der Waals surface area (Å²) in [5.41, 5.74) is 6.05. The predicted octanol–water partition coefficient (Wildman–Crippen LogP) is 1.48. The Morgan fingerprint density at radius 1 is 1.40 bits per heavy atom. The van der Waals surface area contributed by atoms with E-state index in [4.69, 9.17) is 5.73 Å². The molecule has 0 atom stereocenters. The lowest BCUT2D eigenvalue weighted by Crippen LogP contribution is -2.42. The third-order valence-corrected chi connectivity index (χ3v) is 3.72. The Labute approximate surface area is 119 Å². The van der Waals surface area contributed by atoms with Crippen LogP contribution in [-0.2, 0) is 6.54 Å². The number of likely N-dealkylation sites (tertiary alicyclic amines) is 1. The van der Waals surface area contributed by atoms with Crippen molar-refractivity contribution in [3.05, 3.63) is 35.1 Å². The Morgan fingerprint density at radius 3 is 2.70 bits per heavy atom. The van der Waals surface area contributed by atoms with Gasteiger partial charge in [-0.25, -0.2) is 4.39 Å². The molecule has 3 nitrogen and oxygen atoms in total. The van der Waals surface area contributed by atoms with E-state index < -0.39 is 5.60 Å². The van der Waals surface area contributed by atoms with E-state index in [1.165, 1.54) is 6.07 Å². The summed E-state index contributed by atoms with van der Waals surface area (Å²) in [5.74, 6) is 5.31. The van der Waals surface area contributed by atoms with E-state index in [-0.39, 0.29) is 12.4 Å². The summed E-state index contributed by atoms with van der Waals surface area (Å²) in [4.78, 5) is 2.17. The van der Waals surface area contributed by atoms with Crippen LogP contribution in [0.25, 0.3) is 0 Å². The Bertz CT molecular complexity index is 521. The van der Waals surface area contributed by atoms with Crippen LogP contribution < -0.4 is 5.73 Å². The standard InChI is InChI=1S/C16H21FN2O/c1-16(20)6-9-19(10-7-16)12-14-5-4-13(3-2-8-18)11-15(14)17/h4-5,11,20H,6-10,12,18H2,1H3. The Balaban J connectivity index is 2.00. The van der Waals surface area contributed by atoms with Gasteiger partial charge in [0.25, 0.3) is 0 Å². The Hall–Kier alpha value is -1.41. The van der Waals surface area contributed by atoms with Crippen molar-refractivity contribution in [3.8, 4) is 11.8 Å². The SMILES string of the molecule is CC1(O)CCN(Cc2ccc(C#CCN)cc2F)CC1. The number of nitrogens with zero attached hydrogens (tertiary/aromatic N) is 1. The highest BCUT2D eigenvalue weighted by Gasteiger charge is 2.27. The first-order valence-electron chi connectivity index (χ1n) is 6.92. The molecule has 0 amide bonds. The summed E-state index contributed by atoms with van der Waals surface area (Å²) in [7, 11) is 0. The van der Waals surface area contributed by atoms with Gasteiger partial charge in [-0.2, -0.15) is 0 Å². The number of halogens is 1. The van der Waals surface area contributed by atoms with Gasteiger partial charge in [-0.05, 0) is 31.9 Å². The van der Waals surface area contributed by atoms with Crippen LogP contribution in [0.1, 0.15) is 30.9 Å². The molecule has 0 radical (unpaired) electrons. The fraction of sp³-hybridized carbons (Fsp3) is 0.500. The van der Waals surface area contributed by atoms with Crippen LogP contribution in [0.5, 0.6) is 0 Å². The van der Waals surface area contributed by atoms with Crippen LogP contribution in [0, 0.1) is 17.7 Å². The van der Waals surface area contributed by atoms with E-state index in [0.717, 1.165) is 25.9 Å². The highest BCUT2D eigenvalue weighted by Crippen LogP contribution is 2.23. The van der Waals surface area contributed by atoms with Crippen LogP contribution in [-0.4, -0.2) is 35.2 Å². The van der Waals surface area contributed by atoms with Gasteiger partial charge in [-0.15, -0.1) is 0 Å². The first kappa shape index (κ1) is 15.0. The largest absolute Gasteiger partial charge is 0.390 e. The second-order valence-corrected chi connectivity index (χ2v) is 5.59. The summed E-state index contributed by atoms with van der Waals surface area (Å²) in [6, 6.07) is 5.06. The number of benzene rings is 1. The molecule has 1 aliphatic rings. The number of nitrogens with two attached hydrogens (primary N) is 1. The maximum atomic E-state index is 14.0. The summed E-state index contributed by atoms with van der Waals surface area (Å²) < 4.78 is 14.0. The van der Waals surface area contributed by atoms with Crippen LogP contribution in [0.2, 0.25) is 0 Å². The van der Waals surface area contributed by atoms with Gasteiger partial charge in [-0.1, -0.05) is 17.9 Å². The molecule has 4 heteroatoms. The predicted molar refractivity (Wildman–Crippen MR) is 77.5 cm³/mol. The van der Waals surface area contributed by atoms with Crippen molar-refractivity contribution >= 4 is 0 Å². The molecule has 0 bridgehead atoms. The minimum absolute atomic E-state index is 0.230. The van der Waals surface area contributed by atoms with Crippen molar-refractivity contribution in [1.82, 2.24) is 4.90 Å². The number of hydrogen-bond acceptors (Lipinski definition) is 3. The second-order valence-electron chi connectivity index (χ2n) is 5.59. The lowest BCUT2D eigenvalue weighted by molar-refractivity contribution is -0.00749. The molecule has 1 heterocycles. The van der Waals surface area contributed by atoms with E-state index in [2.05, 4.69) is 16.7 Å². The highest BCUT2D eigenvalue weighted by atomic mass is 19.1. The molecule has 1 saturated heterocycles. The van der Waals surface area contributed by atoms with E-state index in [1.54, 1.807) is 6.07 Å². The zero-order chi connectivity index (χ0) is 14.6. The van der Waals surface area contributed by atoms with Crippen molar-refractivity contribution in [1.29, 1.82) is 0 Å². The zero-order valence-corrected chi connectivity index (χ0v) is 11.8. The topological polar surface area (TPSA) is 49.5 Å². The highest BCUT2D eigenvalue weighted by molar-refractivity contribution is 5.37. The average Bonchev–Trinajstić information content (AvgIpc) is 2.41. The molecule has 0 saturated carbocycles. The number of hydrogen-bond donors (Lipinski definition) is 2. The normalized spacial score (nSPS) is 18.4. The smallest absolute Gasteiger partial charge is 0.128 e. The van der Waals surface area contributed by atoms with Crippen LogP contribution in [0.3, 0.4) is 0 Å². The minimum atomic E-state index is -0.573. The second kappa shape index (κ2) is 6.36. The maximum Gasteiger partial charge on any atom is 0.128 e. The molecule has 1 aromatic rings. The molecular weight excluding hydrogens is 255 g/mol. The molecule has 0 aromatic heterocycles. The van der Waals surface area contributed by atoms with Gasteiger partial charge in [0.15, 0.2) is 0 Å². The molecule has 0 spiro atoms. The third kappa shape index (κ3) is 4.04. The summed E-state index contributed by atoms with van der Waals surface area (Å²) >= 11 is 0. The Kier molecular flexibility index (Phi) is 4.77. The van der Waals surface area contributed by atoms with Gasteiger partial charge in [0.05, 0.1) is 12.1 Å². The lowest BCUT2D eigenvalue weighted by atomic mass is 9.93. The van der Waals surface area contributed by atoms with E-state index >= 15 is 0 Å². The maximum absolute atomic E-state index is 14.0. The molecule has 108 valence electrons. The molecule has 1 aromatic carbocycles. The van der Waals surface area contributed by atoms with Gasteiger partial charge in [0.2, 0.25) is 0 Å². The third-order valence-electron chi connectivity index (χ3n) is 3.72. The fourth-order valence-corrected chi connectivity index (χ4v) is 2.34. The molecule has 3 N–H and O–H groups in total. The Morgan fingerprint density at radius 2 is 2.10 bits per heavy atom. The lowest BCUT2D eigenvalue weighted by Gasteiger charge is -2.35. The first-order valence-corrected chi connectivity index (χ1v) is 6.92. The van der Waals surface area contributed by atoms with Crippen molar-refractivity contribution in [2.24, 2.45) is 5.73 Å². The fourth-order valence-electron chi connectivity index (χ4n) is 2.34. The number of piperidine rings is 1. The van der Waals surface area contributed by atoms with E-state index in [1.807, 2.05) is 13.0 Å². The van der Waals surface area contributed by atoms with Gasteiger partial charge >= 0.3 is 0 Å². The zero-order valence-electron chi connectivity index (χ0n) is 11.8. The van der Waals surface area contributed by atoms with Crippen LogP contribution in [0.4, 0.5) is 4.39 Å². The molecule has 1 aliphatic heterocycles. The summed E-state index contributed by atoms with van der Waals surface area (Å²) in [5, 5.41) is 9.91. The van der Waals surface area contributed by atoms with Gasteiger partial charge in [0, 0.05) is 30.8 Å². The molecular formula is C16H21FN2O. The molecule has 0 aliphatic carbocycles. The van der Waals surface area contributed by atoms with Crippen molar-refractivity contribution in [3.63, 3.8) is 0 Å². The number of rotatable bonds is 2. The van der Waals surface area contributed by atoms with Gasteiger partial charge in [0.1, 0.15) is 5.82 Å². The molecule has 0 unspecified atom stereocenters.